The van der Waals surface area contributed by atoms with Gasteiger partial charge in [-0.1, -0.05) is 23.4 Å². The third-order valence-electron chi connectivity index (χ3n) is 3.91. The van der Waals surface area contributed by atoms with Crippen LogP contribution in [0, 0.1) is 5.92 Å². The average Bonchev–Trinajstić information content (AvgIpc) is 2.99. The molecule has 6 nitrogen and oxygen atoms in total. The summed E-state index contributed by atoms with van der Waals surface area (Å²) < 4.78 is 7.58. The van der Waals surface area contributed by atoms with E-state index in [1.165, 1.54) is 0 Å². The van der Waals surface area contributed by atoms with E-state index in [1.54, 1.807) is 6.20 Å². The number of nitrogens with zero attached hydrogens (tertiary/aromatic N) is 3. The lowest BCUT2D eigenvalue weighted by Gasteiger charge is -2.33. The highest BCUT2D eigenvalue weighted by Crippen LogP contribution is 2.35. The molecule has 0 unspecified atom stereocenters. The van der Waals surface area contributed by atoms with Gasteiger partial charge >= 0.3 is 0 Å². The molecule has 6 heteroatoms. The van der Waals surface area contributed by atoms with Crippen LogP contribution in [0.15, 0.2) is 30.5 Å². The van der Waals surface area contributed by atoms with Crippen molar-refractivity contribution < 1.29 is 9.84 Å². The second kappa shape index (κ2) is 6.24. The lowest BCUT2D eigenvalue weighted by atomic mass is 9.91. The number of hydrogen-bond donors (Lipinski definition) is 2. The van der Waals surface area contributed by atoms with Crippen molar-refractivity contribution in [2.75, 3.05) is 13.2 Å². The Balaban J connectivity index is 1.79. The van der Waals surface area contributed by atoms with E-state index in [2.05, 4.69) is 15.6 Å². The number of aromatic nitrogens is 3. The SMILES string of the molecule is CCn1nncc1CN[C@H]1c2ccccc2OC[C@H]1CO. The van der Waals surface area contributed by atoms with Gasteiger partial charge in [0.25, 0.3) is 0 Å². The van der Waals surface area contributed by atoms with Crippen LogP contribution < -0.4 is 10.1 Å². The number of rotatable bonds is 5. The molecule has 0 spiro atoms. The van der Waals surface area contributed by atoms with E-state index >= 15 is 0 Å². The van der Waals surface area contributed by atoms with Crippen LogP contribution in [0.1, 0.15) is 24.2 Å². The topological polar surface area (TPSA) is 72.2 Å². The van der Waals surface area contributed by atoms with E-state index in [0.717, 1.165) is 23.6 Å². The Morgan fingerprint density at radius 1 is 1.43 bits per heavy atom. The van der Waals surface area contributed by atoms with Crippen LogP contribution in [0.25, 0.3) is 0 Å². The molecule has 2 aromatic rings. The summed E-state index contributed by atoms with van der Waals surface area (Å²) in [7, 11) is 0. The van der Waals surface area contributed by atoms with Crippen LogP contribution in [0.4, 0.5) is 0 Å². The monoisotopic (exact) mass is 288 g/mol. The zero-order valence-corrected chi connectivity index (χ0v) is 12.1. The summed E-state index contributed by atoms with van der Waals surface area (Å²) >= 11 is 0. The minimum Gasteiger partial charge on any atom is -0.493 e. The molecule has 0 saturated heterocycles. The molecule has 1 aromatic heterocycles. The standard InChI is InChI=1S/C15H20N4O2/c1-2-19-12(8-17-18-19)7-16-15-11(9-20)10-21-14-6-4-3-5-13(14)15/h3-6,8,11,15-16,20H,2,7,9-10H2,1H3/t11-,15-/m1/s1. The van der Waals surface area contributed by atoms with Crippen molar-refractivity contribution in [2.45, 2.75) is 26.1 Å². The number of aliphatic hydroxyl groups excluding tert-OH is 1. The highest BCUT2D eigenvalue weighted by atomic mass is 16.5. The summed E-state index contributed by atoms with van der Waals surface area (Å²) in [5.41, 5.74) is 2.14. The number of nitrogens with one attached hydrogen (secondary N) is 1. The predicted octanol–water partition coefficient (Wildman–Crippen LogP) is 1.13. The molecular weight excluding hydrogens is 268 g/mol. The first-order valence-corrected chi connectivity index (χ1v) is 7.26. The third-order valence-corrected chi connectivity index (χ3v) is 3.91. The largest absolute Gasteiger partial charge is 0.493 e. The van der Waals surface area contributed by atoms with Gasteiger partial charge in [0.1, 0.15) is 5.75 Å². The van der Waals surface area contributed by atoms with Gasteiger partial charge in [-0.3, -0.25) is 0 Å². The number of para-hydroxylation sites is 1. The fourth-order valence-corrected chi connectivity index (χ4v) is 2.75. The molecule has 1 aliphatic rings. The Bertz CT molecular complexity index is 599. The summed E-state index contributed by atoms with van der Waals surface area (Å²) in [5.74, 6) is 0.938. The number of benzene rings is 1. The molecule has 0 saturated carbocycles. The maximum absolute atomic E-state index is 9.60. The van der Waals surface area contributed by atoms with Crippen LogP contribution >= 0.6 is 0 Å². The molecule has 21 heavy (non-hydrogen) atoms. The highest BCUT2D eigenvalue weighted by Gasteiger charge is 2.30. The highest BCUT2D eigenvalue weighted by molar-refractivity contribution is 5.38. The zero-order valence-electron chi connectivity index (χ0n) is 12.1. The number of hydrogen-bond acceptors (Lipinski definition) is 5. The van der Waals surface area contributed by atoms with Gasteiger partial charge in [0, 0.05) is 30.6 Å². The number of aliphatic hydroxyl groups is 1. The maximum atomic E-state index is 9.60. The molecule has 0 amide bonds. The summed E-state index contributed by atoms with van der Waals surface area (Å²) in [6.07, 6.45) is 1.77. The van der Waals surface area contributed by atoms with Crippen molar-refractivity contribution in [1.82, 2.24) is 20.3 Å². The van der Waals surface area contributed by atoms with Gasteiger partial charge in [-0.25, -0.2) is 4.68 Å². The van der Waals surface area contributed by atoms with E-state index in [-0.39, 0.29) is 18.6 Å². The van der Waals surface area contributed by atoms with Gasteiger partial charge in [-0.05, 0) is 13.0 Å². The molecule has 2 N–H and O–H groups in total. The third kappa shape index (κ3) is 2.77. The molecule has 3 rings (SSSR count). The lowest BCUT2D eigenvalue weighted by Crippen LogP contribution is -2.37. The Morgan fingerprint density at radius 3 is 3.10 bits per heavy atom. The van der Waals surface area contributed by atoms with Crippen LogP contribution in [0.2, 0.25) is 0 Å². The summed E-state index contributed by atoms with van der Waals surface area (Å²) in [4.78, 5) is 0. The fraction of sp³-hybridized carbons (Fsp3) is 0.467. The van der Waals surface area contributed by atoms with Gasteiger partial charge in [0.15, 0.2) is 0 Å². The normalized spacial score (nSPS) is 20.9. The first-order chi connectivity index (χ1) is 10.3. The first-order valence-electron chi connectivity index (χ1n) is 7.26. The molecule has 1 aliphatic heterocycles. The Morgan fingerprint density at radius 2 is 2.29 bits per heavy atom. The average molecular weight is 288 g/mol. The Kier molecular flexibility index (Phi) is 4.17. The van der Waals surface area contributed by atoms with Crippen molar-refractivity contribution in [3.8, 4) is 5.75 Å². The van der Waals surface area contributed by atoms with E-state index in [0.29, 0.717) is 13.2 Å². The molecule has 1 aromatic carbocycles. The Hall–Kier alpha value is -1.92. The molecular formula is C15H20N4O2. The maximum Gasteiger partial charge on any atom is 0.124 e. The van der Waals surface area contributed by atoms with Gasteiger partial charge in [-0.15, -0.1) is 5.10 Å². The van der Waals surface area contributed by atoms with Crippen molar-refractivity contribution in [1.29, 1.82) is 0 Å². The molecule has 2 atom stereocenters. The Labute approximate surface area is 123 Å². The van der Waals surface area contributed by atoms with Gasteiger partial charge in [0.05, 0.1) is 25.1 Å². The zero-order chi connectivity index (χ0) is 14.7. The van der Waals surface area contributed by atoms with Crippen LogP contribution in [0.5, 0.6) is 5.75 Å². The fourth-order valence-electron chi connectivity index (χ4n) is 2.75. The smallest absolute Gasteiger partial charge is 0.124 e. The van der Waals surface area contributed by atoms with E-state index in [1.807, 2.05) is 35.9 Å². The summed E-state index contributed by atoms with van der Waals surface area (Å²) in [6.45, 7) is 4.12. The van der Waals surface area contributed by atoms with Crippen molar-refractivity contribution >= 4 is 0 Å². The molecule has 0 fully saturated rings. The van der Waals surface area contributed by atoms with Crippen LogP contribution in [-0.4, -0.2) is 33.3 Å². The summed E-state index contributed by atoms with van der Waals surface area (Å²) in [5, 5.41) is 21.1. The van der Waals surface area contributed by atoms with E-state index in [9.17, 15) is 5.11 Å². The van der Waals surface area contributed by atoms with E-state index in [4.69, 9.17) is 4.74 Å². The summed E-state index contributed by atoms with van der Waals surface area (Å²) in [6, 6.07) is 8.04. The van der Waals surface area contributed by atoms with Gasteiger partial charge < -0.3 is 15.2 Å². The van der Waals surface area contributed by atoms with Crippen molar-refractivity contribution in [2.24, 2.45) is 5.92 Å². The van der Waals surface area contributed by atoms with Gasteiger partial charge in [-0.2, -0.15) is 0 Å². The van der Waals surface area contributed by atoms with Crippen LogP contribution in [-0.2, 0) is 13.1 Å². The second-order valence-electron chi connectivity index (χ2n) is 5.19. The molecule has 0 bridgehead atoms. The van der Waals surface area contributed by atoms with E-state index < -0.39 is 0 Å². The van der Waals surface area contributed by atoms with Crippen LogP contribution in [0.3, 0.4) is 0 Å². The number of ether oxygens (including phenoxy) is 1. The number of aryl methyl sites for hydroxylation is 1. The second-order valence-corrected chi connectivity index (χ2v) is 5.19. The quantitative estimate of drug-likeness (QED) is 0.863. The number of fused-ring (bicyclic) bond motifs is 1. The minimum atomic E-state index is 0.0471. The van der Waals surface area contributed by atoms with Crippen molar-refractivity contribution in [3.05, 3.63) is 41.7 Å². The molecule has 2 heterocycles. The van der Waals surface area contributed by atoms with Crippen molar-refractivity contribution in [3.63, 3.8) is 0 Å². The molecule has 112 valence electrons. The molecule has 0 aliphatic carbocycles. The van der Waals surface area contributed by atoms with Gasteiger partial charge in [0.2, 0.25) is 0 Å². The lowest BCUT2D eigenvalue weighted by molar-refractivity contribution is 0.110. The first kappa shape index (κ1) is 14.0. The minimum absolute atomic E-state index is 0.0471. The molecule has 0 radical (unpaired) electrons. The predicted molar refractivity (Wildman–Crippen MR) is 77.8 cm³/mol.